The van der Waals surface area contributed by atoms with E-state index in [-0.39, 0.29) is 29.2 Å². The molecule has 0 amide bonds. The number of ether oxygens (including phenoxy) is 2. The number of alkyl halides is 1. The SMILES string of the molecule is CCCCCCCC/C=C\CCCCCCCC(=O)OC(C[N+](C)(C)CCO)C(OC(=O)CCCCCCC/C=C\CCCCCCCC)C(I)[N+](C)(C)CCO. The molecule has 0 rings (SSSR count). The van der Waals surface area contributed by atoms with Crippen molar-refractivity contribution >= 4 is 34.5 Å². The van der Waals surface area contributed by atoms with Crippen molar-refractivity contribution in [2.24, 2.45) is 0 Å². The molecule has 0 aromatic carbocycles. The third kappa shape index (κ3) is 33.4. The maximum atomic E-state index is 13.4. The summed E-state index contributed by atoms with van der Waals surface area (Å²) in [5, 5.41) is 19.7. The molecule has 0 aliphatic carbocycles. The highest BCUT2D eigenvalue weighted by Crippen LogP contribution is 2.27. The molecule has 3 atom stereocenters. The van der Waals surface area contributed by atoms with Gasteiger partial charge in [-0.3, -0.25) is 9.59 Å². The van der Waals surface area contributed by atoms with Crippen LogP contribution in [0.2, 0.25) is 0 Å². The standard InChI is InChI=1S/C48H93IN2O6/c1-7-9-11-13-15-17-19-21-23-25-27-29-31-33-35-37-45(54)56-44(43-50(3,4)39-41-52)47(48(49)51(5,6)40-42-53)57-46(55)38-36-34-32-30-28-26-24-22-20-18-16-14-12-10-8-2/h21-24,44,47-48,52-53H,7-20,25-43H2,1-6H3/q+2/b23-21-,24-22-. The Morgan fingerprint density at radius 3 is 1.26 bits per heavy atom. The number of rotatable bonds is 41. The van der Waals surface area contributed by atoms with Gasteiger partial charge >= 0.3 is 11.9 Å². The van der Waals surface area contributed by atoms with Crippen LogP contribution in [0.15, 0.2) is 24.3 Å². The average molecular weight is 921 g/mol. The number of unbranched alkanes of at least 4 members (excludes halogenated alkanes) is 22. The van der Waals surface area contributed by atoms with E-state index in [0.29, 0.717) is 41.4 Å². The van der Waals surface area contributed by atoms with Crippen LogP contribution in [0.3, 0.4) is 0 Å². The van der Waals surface area contributed by atoms with E-state index < -0.39 is 12.2 Å². The molecule has 0 aromatic heterocycles. The van der Waals surface area contributed by atoms with E-state index in [9.17, 15) is 19.8 Å². The summed E-state index contributed by atoms with van der Waals surface area (Å²) in [5.41, 5.74) is 0. The second-order valence-corrected chi connectivity index (χ2v) is 19.1. The highest BCUT2D eigenvalue weighted by atomic mass is 127. The highest BCUT2D eigenvalue weighted by molar-refractivity contribution is 14.1. The number of likely N-dealkylation sites (N-methyl/N-ethyl adjacent to an activating group) is 2. The Kier molecular flexibility index (Phi) is 37.3. The third-order valence-electron chi connectivity index (χ3n) is 11.2. The minimum Gasteiger partial charge on any atom is -0.452 e. The van der Waals surface area contributed by atoms with Gasteiger partial charge in [0.15, 0.2) is 10.2 Å². The number of nitrogens with zero attached hydrogens (tertiary/aromatic N) is 2. The van der Waals surface area contributed by atoms with Crippen molar-refractivity contribution in [1.29, 1.82) is 0 Å². The third-order valence-corrected chi connectivity index (χ3v) is 13.4. The van der Waals surface area contributed by atoms with Crippen molar-refractivity contribution in [1.82, 2.24) is 0 Å². The number of allylic oxidation sites excluding steroid dienone is 4. The largest absolute Gasteiger partial charge is 0.452 e. The summed E-state index contributed by atoms with van der Waals surface area (Å²) >= 11 is 2.31. The molecule has 0 fully saturated rings. The van der Waals surface area contributed by atoms with Crippen LogP contribution in [-0.4, -0.2) is 108 Å². The molecule has 0 saturated heterocycles. The fourth-order valence-electron chi connectivity index (χ4n) is 7.26. The lowest BCUT2D eigenvalue weighted by atomic mass is 10.1. The number of hydrogen-bond acceptors (Lipinski definition) is 6. The molecule has 0 aliphatic rings. The van der Waals surface area contributed by atoms with Crippen molar-refractivity contribution in [2.75, 3.05) is 61.0 Å². The van der Waals surface area contributed by atoms with Gasteiger partial charge in [-0.2, -0.15) is 0 Å². The Morgan fingerprint density at radius 1 is 0.526 bits per heavy atom. The zero-order valence-corrected chi connectivity index (χ0v) is 40.3. The van der Waals surface area contributed by atoms with Crippen LogP contribution >= 0.6 is 22.6 Å². The first-order chi connectivity index (χ1) is 27.4. The molecular formula is C48H93IN2O6+2. The van der Waals surface area contributed by atoms with Crippen LogP contribution in [-0.2, 0) is 19.1 Å². The molecule has 9 heteroatoms. The van der Waals surface area contributed by atoms with Gasteiger partial charge in [0.1, 0.15) is 19.6 Å². The Morgan fingerprint density at radius 2 is 0.877 bits per heavy atom. The van der Waals surface area contributed by atoms with E-state index in [2.05, 4.69) is 60.7 Å². The molecule has 0 aromatic rings. The van der Waals surface area contributed by atoms with Gasteiger partial charge in [-0.05, 0) is 86.8 Å². The summed E-state index contributed by atoms with van der Waals surface area (Å²) in [6, 6.07) is 0. The van der Waals surface area contributed by atoms with Crippen molar-refractivity contribution in [3.05, 3.63) is 24.3 Å². The quantitative estimate of drug-likeness (QED) is 0.0121. The van der Waals surface area contributed by atoms with Crippen LogP contribution < -0.4 is 0 Å². The zero-order valence-electron chi connectivity index (χ0n) is 38.2. The summed E-state index contributed by atoms with van der Waals surface area (Å²) in [7, 11) is 8.02. The summed E-state index contributed by atoms with van der Waals surface area (Å²) < 4.78 is 13.1. The first-order valence-corrected chi connectivity index (χ1v) is 24.9. The lowest BCUT2D eigenvalue weighted by Crippen LogP contribution is -2.60. The Labute approximate surface area is 366 Å². The molecule has 0 bridgehead atoms. The van der Waals surface area contributed by atoms with E-state index in [1.54, 1.807) is 0 Å². The number of aliphatic hydroxyl groups excluding tert-OH is 2. The number of esters is 2. The van der Waals surface area contributed by atoms with Crippen molar-refractivity contribution in [3.8, 4) is 0 Å². The molecule has 2 N–H and O–H groups in total. The Balaban J connectivity index is 5.01. The number of carbonyl (C=O) groups excluding carboxylic acids is 2. The summed E-state index contributed by atoms with van der Waals surface area (Å²) in [6.07, 6.45) is 39.8. The Bertz CT molecular complexity index is 1000. The Hall–Kier alpha value is -1.01. The molecule has 8 nitrogen and oxygen atoms in total. The number of halogens is 1. The fraction of sp³-hybridized carbons (Fsp3) is 0.875. The zero-order chi connectivity index (χ0) is 42.5. The first kappa shape index (κ1) is 56.0. The summed E-state index contributed by atoms with van der Waals surface area (Å²) in [5.74, 6) is -0.537. The van der Waals surface area contributed by atoms with Crippen LogP contribution in [0.25, 0.3) is 0 Å². The van der Waals surface area contributed by atoms with Crippen LogP contribution in [0.1, 0.15) is 194 Å². The molecule has 0 heterocycles. The highest BCUT2D eigenvalue weighted by Gasteiger charge is 2.45. The summed E-state index contributed by atoms with van der Waals surface area (Å²) in [4.78, 5) is 26.8. The molecule has 336 valence electrons. The van der Waals surface area contributed by atoms with E-state index in [1.165, 1.54) is 103 Å². The minimum atomic E-state index is -0.697. The van der Waals surface area contributed by atoms with Crippen LogP contribution in [0, 0.1) is 0 Å². The lowest BCUT2D eigenvalue weighted by Gasteiger charge is -2.42. The maximum absolute atomic E-state index is 13.4. The van der Waals surface area contributed by atoms with Gasteiger partial charge < -0.3 is 28.7 Å². The van der Waals surface area contributed by atoms with Gasteiger partial charge in [0, 0.05) is 12.8 Å². The molecule has 0 spiro atoms. The molecule has 0 saturated carbocycles. The lowest BCUT2D eigenvalue weighted by molar-refractivity contribution is -0.905. The van der Waals surface area contributed by atoms with Crippen molar-refractivity contribution in [3.63, 3.8) is 0 Å². The second kappa shape index (κ2) is 38.0. The van der Waals surface area contributed by atoms with Crippen molar-refractivity contribution < 1.29 is 38.2 Å². The van der Waals surface area contributed by atoms with Crippen LogP contribution in [0.4, 0.5) is 0 Å². The van der Waals surface area contributed by atoms with Gasteiger partial charge in [-0.25, -0.2) is 0 Å². The normalized spacial score (nSPS) is 14.1. The maximum Gasteiger partial charge on any atom is 0.306 e. The van der Waals surface area contributed by atoms with Crippen LogP contribution in [0.5, 0.6) is 0 Å². The van der Waals surface area contributed by atoms with Crippen molar-refractivity contribution in [2.45, 2.75) is 210 Å². The number of quaternary nitrogens is 2. The summed E-state index contributed by atoms with van der Waals surface area (Å²) in [6.45, 7) is 5.88. The smallest absolute Gasteiger partial charge is 0.306 e. The average Bonchev–Trinajstić information content (AvgIpc) is 3.16. The van der Waals surface area contributed by atoms with Gasteiger partial charge in [0.2, 0.25) is 6.10 Å². The van der Waals surface area contributed by atoms with Gasteiger partial charge in [0.05, 0.1) is 41.4 Å². The molecule has 0 radical (unpaired) electrons. The predicted molar refractivity (Wildman–Crippen MR) is 249 cm³/mol. The fourth-order valence-corrected chi connectivity index (χ4v) is 8.15. The van der Waals surface area contributed by atoms with E-state index in [4.69, 9.17) is 9.47 Å². The number of carbonyl (C=O) groups is 2. The second-order valence-electron chi connectivity index (χ2n) is 17.8. The number of aliphatic hydroxyl groups is 2. The molecule has 57 heavy (non-hydrogen) atoms. The topological polar surface area (TPSA) is 93.1 Å². The van der Waals surface area contributed by atoms with E-state index >= 15 is 0 Å². The monoisotopic (exact) mass is 921 g/mol. The van der Waals surface area contributed by atoms with Gasteiger partial charge in [0.25, 0.3) is 0 Å². The molecule has 3 unspecified atom stereocenters. The first-order valence-electron chi connectivity index (χ1n) is 23.6. The minimum absolute atomic E-state index is 0.00223. The van der Waals surface area contributed by atoms with E-state index in [1.807, 2.05) is 28.2 Å². The predicted octanol–water partition coefficient (Wildman–Crippen LogP) is 11.8. The van der Waals surface area contributed by atoms with Gasteiger partial charge in [-0.1, -0.05) is 141 Å². The van der Waals surface area contributed by atoms with E-state index in [0.717, 1.165) is 64.2 Å². The number of hydrogen-bond donors (Lipinski definition) is 2. The molecule has 0 aliphatic heterocycles. The molecular weight excluding hydrogens is 827 g/mol. The van der Waals surface area contributed by atoms with Gasteiger partial charge in [-0.15, -0.1) is 0 Å².